The van der Waals surface area contributed by atoms with Gasteiger partial charge in [-0.1, -0.05) is 6.08 Å². The highest BCUT2D eigenvalue weighted by molar-refractivity contribution is 7.13. The van der Waals surface area contributed by atoms with E-state index in [0.717, 1.165) is 12.1 Å². The van der Waals surface area contributed by atoms with E-state index < -0.39 is 0 Å². The van der Waals surface area contributed by atoms with Crippen molar-refractivity contribution >= 4 is 22.4 Å². The molecule has 1 aromatic heterocycles. The van der Waals surface area contributed by atoms with Gasteiger partial charge in [0.1, 0.15) is 0 Å². The second-order valence-electron chi connectivity index (χ2n) is 3.35. The molecule has 1 heterocycles. The molecule has 1 unspecified atom stereocenters. The van der Waals surface area contributed by atoms with Crippen LogP contribution in [0.5, 0.6) is 0 Å². The van der Waals surface area contributed by atoms with Crippen LogP contribution in [0.15, 0.2) is 18.0 Å². The van der Waals surface area contributed by atoms with Gasteiger partial charge in [-0.05, 0) is 13.3 Å². The van der Waals surface area contributed by atoms with E-state index in [1.165, 1.54) is 11.3 Å². The highest BCUT2D eigenvalue weighted by Crippen LogP contribution is 2.11. The molecule has 0 aliphatic heterocycles. The van der Waals surface area contributed by atoms with Crippen molar-refractivity contribution in [3.05, 3.63) is 23.7 Å². The summed E-state index contributed by atoms with van der Waals surface area (Å²) in [6.45, 7) is 5.56. The van der Waals surface area contributed by atoms with E-state index in [9.17, 15) is 4.79 Å². The topological polar surface area (TPSA) is 68.0 Å². The molecule has 0 spiro atoms. The molecule has 0 fully saturated rings. The van der Waals surface area contributed by atoms with Gasteiger partial charge in [0.2, 0.25) is 5.91 Å². The summed E-state index contributed by atoms with van der Waals surface area (Å²) in [6, 6.07) is 0.117. The van der Waals surface area contributed by atoms with Gasteiger partial charge in [0.25, 0.3) is 0 Å². The number of nitrogens with zero attached hydrogens (tertiary/aromatic N) is 1. The third kappa shape index (κ3) is 4.12. The van der Waals surface area contributed by atoms with Crippen LogP contribution in [-0.4, -0.2) is 16.9 Å². The molecule has 1 aromatic rings. The fraction of sp³-hybridized carbons (Fsp3) is 0.400. The molecule has 1 atom stereocenters. The van der Waals surface area contributed by atoms with Gasteiger partial charge in [-0.25, -0.2) is 4.98 Å². The smallest absolute Gasteiger partial charge is 0.226 e. The minimum Gasteiger partial charge on any atom is -0.375 e. The summed E-state index contributed by atoms with van der Waals surface area (Å²) < 4.78 is 0. The number of anilines is 1. The zero-order valence-corrected chi connectivity index (χ0v) is 9.51. The van der Waals surface area contributed by atoms with Gasteiger partial charge in [-0.2, -0.15) is 0 Å². The summed E-state index contributed by atoms with van der Waals surface area (Å²) in [4.78, 5) is 15.5. The molecule has 15 heavy (non-hydrogen) atoms. The standard InChI is InChI=1S/C10H15N3OS/c1-3-4-7(2)12-9(14)5-8-6-15-10(11)13-8/h3,6-7H,1,4-5H2,2H3,(H2,11,13)(H,12,14). The van der Waals surface area contributed by atoms with Crippen molar-refractivity contribution in [2.45, 2.75) is 25.8 Å². The quantitative estimate of drug-likeness (QED) is 0.743. The average Bonchev–Trinajstić information content (AvgIpc) is 2.51. The maximum absolute atomic E-state index is 11.5. The van der Waals surface area contributed by atoms with Crippen LogP contribution in [0.2, 0.25) is 0 Å². The maximum atomic E-state index is 11.5. The van der Waals surface area contributed by atoms with Crippen molar-refractivity contribution in [1.29, 1.82) is 0 Å². The van der Waals surface area contributed by atoms with Gasteiger partial charge in [0.05, 0.1) is 12.1 Å². The van der Waals surface area contributed by atoms with Crippen molar-refractivity contribution in [2.24, 2.45) is 0 Å². The number of hydrogen-bond acceptors (Lipinski definition) is 4. The second kappa shape index (κ2) is 5.50. The number of amides is 1. The zero-order valence-electron chi connectivity index (χ0n) is 8.69. The molecule has 0 saturated carbocycles. The zero-order chi connectivity index (χ0) is 11.3. The van der Waals surface area contributed by atoms with E-state index in [0.29, 0.717) is 5.13 Å². The molecule has 0 saturated heterocycles. The Labute approximate surface area is 93.2 Å². The number of aromatic nitrogens is 1. The number of nitrogens with two attached hydrogens (primary N) is 1. The molecule has 0 bridgehead atoms. The van der Waals surface area contributed by atoms with E-state index in [1.54, 1.807) is 11.5 Å². The first-order valence-corrected chi connectivity index (χ1v) is 5.60. The number of nitrogen functional groups attached to an aromatic ring is 1. The lowest BCUT2D eigenvalue weighted by atomic mass is 10.2. The normalized spacial score (nSPS) is 12.1. The SMILES string of the molecule is C=CCC(C)NC(=O)Cc1csc(N)n1. The Morgan fingerprint density at radius 2 is 2.60 bits per heavy atom. The Morgan fingerprint density at radius 1 is 1.87 bits per heavy atom. The molecule has 0 aliphatic carbocycles. The van der Waals surface area contributed by atoms with Crippen molar-refractivity contribution < 1.29 is 4.79 Å². The minimum absolute atomic E-state index is 0.0327. The molecule has 1 amide bonds. The van der Waals surface area contributed by atoms with Gasteiger partial charge >= 0.3 is 0 Å². The molecule has 1 rings (SSSR count). The number of carbonyl (C=O) groups excluding carboxylic acids is 1. The molecule has 3 N–H and O–H groups in total. The van der Waals surface area contributed by atoms with Gasteiger partial charge in [-0.15, -0.1) is 17.9 Å². The van der Waals surface area contributed by atoms with E-state index in [-0.39, 0.29) is 18.4 Å². The van der Waals surface area contributed by atoms with Crippen LogP contribution in [0.1, 0.15) is 19.0 Å². The maximum Gasteiger partial charge on any atom is 0.226 e. The Morgan fingerprint density at radius 3 is 3.13 bits per heavy atom. The van der Waals surface area contributed by atoms with Crippen LogP contribution in [0, 0.1) is 0 Å². The van der Waals surface area contributed by atoms with E-state index in [2.05, 4.69) is 16.9 Å². The molecule has 0 aromatic carbocycles. The summed E-state index contributed by atoms with van der Waals surface area (Å²) in [5, 5.41) is 5.15. The summed E-state index contributed by atoms with van der Waals surface area (Å²) in [7, 11) is 0. The van der Waals surface area contributed by atoms with Crippen LogP contribution in [0.25, 0.3) is 0 Å². The van der Waals surface area contributed by atoms with Crippen LogP contribution < -0.4 is 11.1 Å². The van der Waals surface area contributed by atoms with E-state index in [1.807, 2.05) is 6.92 Å². The first kappa shape index (κ1) is 11.7. The predicted octanol–water partition coefficient (Wildman–Crippen LogP) is 1.35. The number of hydrogen-bond donors (Lipinski definition) is 2. The lowest BCUT2D eigenvalue weighted by Gasteiger charge is -2.10. The summed E-state index contributed by atoms with van der Waals surface area (Å²) in [5.74, 6) is -0.0327. The number of thiazole rings is 1. The summed E-state index contributed by atoms with van der Waals surface area (Å²) in [6.07, 6.45) is 2.84. The largest absolute Gasteiger partial charge is 0.375 e. The number of nitrogens with one attached hydrogen (secondary N) is 1. The molecule has 5 heteroatoms. The van der Waals surface area contributed by atoms with Gasteiger partial charge < -0.3 is 11.1 Å². The fourth-order valence-electron chi connectivity index (χ4n) is 1.20. The Balaban J connectivity index is 2.39. The Hall–Kier alpha value is -1.36. The van der Waals surface area contributed by atoms with E-state index in [4.69, 9.17) is 5.73 Å². The van der Waals surface area contributed by atoms with Crippen LogP contribution in [-0.2, 0) is 11.2 Å². The van der Waals surface area contributed by atoms with Crippen molar-refractivity contribution in [2.75, 3.05) is 5.73 Å². The monoisotopic (exact) mass is 225 g/mol. The third-order valence-electron chi connectivity index (χ3n) is 1.84. The van der Waals surface area contributed by atoms with E-state index >= 15 is 0 Å². The molecule has 0 aliphatic rings. The molecule has 82 valence electrons. The van der Waals surface area contributed by atoms with Crippen molar-refractivity contribution in [1.82, 2.24) is 10.3 Å². The van der Waals surface area contributed by atoms with Crippen molar-refractivity contribution in [3.8, 4) is 0 Å². The lowest BCUT2D eigenvalue weighted by Crippen LogP contribution is -2.33. The predicted molar refractivity (Wildman–Crippen MR) is 62.6 cm³/mol. The Bertz CT molecular complexity index is 348. The van der Waals surface area contributed by atoms with Gasteiger partial charge in [0, 0.05) is 11.4 Å². The van der Waals surface area contributed by atoms with Gasteiger partial charge in [-0.3, -0.25) is 4.79 Å². The lowest BCUT2D eigenvalue weighted by molar-refractivity contribution is -0.121. The molecule has 0 radical (unpaired) electrons. The number of rotatable bonds is 5. The highest BCUT2D eigenvalue weighted by Gasteiger charge is 2.08. The summed E-state index contributed by atoms with van der Waals surface area (Å²) in [5.41, 5.74) is 6.19. The Kier molecular flexibility index (Phi) is 4.30. The van der Waals surface area contributed by atoms with Crippen LogP contribution in [0.4, 0.5) is 5.13 Å². The van der Waals surface area contributed by atoms with Gasteiger partial charge in [0.15, 0.2) is 5.13 Å². The summed E-state index contributed by atoms with van der Waals surface area (Å²) >= 11 is 1.35. The third-order valence-corrected chi connectivity index (χ3v) is 2.56. The number of carbonyl (C=O) groups is 1. The van der Waals surface area contributed by atoms with Crippen LogP contribution in [0.3, 0.4) is 0 Å². The van der Waals surface area contributed by atoms with Crippen LogP contribution >= 0.6 is 11.3 Å². The average molecular weight is 225 g/mol. The second-order valence-corrected chi connectivity index (χ2v) is 4.24. The molecular weight excluding hydrogens is 210 g/mol. The molecular formula is C10H15N3OS. The van der Waals surface area contributed by atoms with Crippen molar-refractivity contribution in [3.63, 3.8) is 0 Å². The fourth-order valence-corrected chi connectivity index (χ4v) is 1.77. The first-order chi connectivity index (χ1) is 7.11. The minimum atomic E-state index is -0.0327. The first-order valence-electron chi connectivity index (χ1n) is 4.72. The highest BCUT2D eigenvalue weighted by atomic mass is 32.1. The molecule has 4 nitrogen and oxygen atoms in total.